The number of nitrogens with zero attached hydrogens (tertiary/aromatic N) is 5. The Balaban J connectivity index is 0.000000125. The Kier molecular flexibility index (Phi) is 12.3. The van der Waals surface area contributed by atoms with Crippen molar-refractivity contribution >= 4 is 44.3 Å². The first kappa shape index (κ1) is 42.2. The van der Waals surface area contributed by atoms with Crippen LogP contribution in [-0.4, -0.2) is 92.9 Å². The lowest BCUT2D eigenvalue weighted by molar-refractivity contribution is 0.0903. The number of ketones is 2. The van der Waals surface area contributed by atoms with Crippen molar-refractivity contribution < 1.29 is 14.7 Å². The number of Topliss-reactive ketones (excluding diaryl/α,β-unsaturated/α-hetero) is 2. The number of aliphatic hydroxyl groups excluding tert-OH is 1. The number of aromatic amines is 1. The Hall–Kier alpha value is -6.10. The fourth-order valence-electron chi connectivity index (χ4n) is 9.84. The van der Waals surface area contributed by atoms with E-state index in [9.17, 15) is 9.59 Å². The fraction of sp³-hybridized carbons (Fsp3) is 0.296. The van der Waals surface area contributed by atoms with Crippen LogP contribution >= 0.6 is 0 Å². The maximum Gasteiger partial charge on any atom is 0.188 e. The van der Waals surface area contributed by atoms with Crippen molar-refractivity contribution in [2.75, 3.05) is 47.4 Å². The zero-order chi connectivity index (χ0) is 43.6. The number of fused-ring (bicyclic) bond motifs is 9. The van der Waals surface area contributed by atoms with Crippen molar-refractivity contribution in [3.63, 3.8) is 0 Å². The summed E-state index contributed by atoms with van der Waals surface area (Å²) in [6.45, 7) is 9.22. The van der Waals surface area contributed by atoms with E-state index in [1.54, 1.807) is 19.1 Å². The predicted molar refractivity (Wildman–Crippen MR) is 255 cm³/mol. The number of aliphatic hydroxyl groups is 1. The molecule has 6 heterocycles. The zero-order valence-corrected chi connectivity index (χ0v) is 37.0. The van der Waals surface area contributed by atoms with Gasteiger partial charge in [-0.2, -0.15) is 0 Å². The summed E-state index contributed by atoms with van der Waals surface area (Å²) < 4.78 is 4.85. The van der Waals surface area contributed by atoms with Crippen LogP contribution in [0.2, 0.25) is 0 Å². The lowest BCUT2D eigenvalue weighted by atomic mass is 10.0. The monoisotopic (exact) mass is 838 g/mol. The Morgan fingerprint density at radius 2 is 0.984 bits per heavy atom. The molecule has 0 unspecified atom stereocenters. The van der Waals surface area contributed by atoms with Gasteiger partial charge in [-0.25, -0.2) is 0 Å². The molecule has 11 rings (SSSR count). The van der Waals surface area contributed by atoms with Crippen LogP contribution in [0.1, 0.15) is 72.5 Å². The van der Waals surface area contributed by atoms with Crippen LogP contribution in [0.25, 0.3) is 32.7 Å². The van der Waals surface area contributed by atoms with Gasteiger partial charge in [0.15, 0.2) is 11.6 Å². The smallest absolute Gasteiger partial charge is 0.188 e. The van der Waals surface area contributed by atoms with Gasteiger partial charge in [-0.15, -0.1) is 0 Å². The van der Waals surface area contributed by atoms with E-state index < -0.39 is 6.61 Å². The number of rotatable bonds is 7. The summed E-state index contributed by atoms with van der Waals surface area (Å²) in [5, 5.41) is 13.1. The molecule has 8 aromatic rings. The van der Waals surface area contributed by atoms with Crippen molar-refractivity contribution in [1.82, 2.24) is 28.8 Å². The van der Waals surface area contributed by atoms with E-state index in [-0.39, 0.29) is 11.6 Å². The van der Waals surface area contributed by atoms with Crippen LogP contribution in [0.4, 0.5) is 0 Å². The zero-order valence-electron chi connectivity index (χ0n) is 37.0. The Morgan fingerprint density at radius 3 is 1.49 bits per heavy atom. The van der Waals surface area contributed by atoms with Crippen molar-refractivity contribution in [2.45, 2.75) is 58.9 Å². The molecule has 0 aliphatic carbocycles. The second-order valence-electron chi connectivity index (χ2n) is 17.7. The normalized spacial score (nSPS) is 15.3. The van der Waals surface area contributed by atoms with Crippen LogP contribution in [0.15, 0.2) is 121 Å². The second kappa shape index (κ2) is 18.3. The molecule has 0 radical (unpaired) electrons. The van der Waals surface area contributed by atoms with Gasteiger partial charge < -0.3 is 33.9 Å². The highest BCUT2D eigenvalue weighted by molar-refractivity contribution is 5.97. The minimum Gasteiger partial charge on any atom is -0.388 e. The minimum absolute atomic E-state index is 0.118. The SMILES string of the molecule is CC(=O)c1ccc(Cn2c3c(c4ccccc42)CCN(C)C3)cc1.CN1CCc2c([nH]c3ccccc23)C1.CN1CCc2c(n(Cc3ccc(C(=O)CO)cc3)c3ccccc23)C1. The van der Waals surface area contributed by atoms with Crippen LogP contribution in [-0.2, 0) is 52.0 Å². The van der Waals surface area contributed by atoms with Gasteiger partial charge in [0, 0.05) is 113 Å². The van der Waals surface area contributed by atoms with E-state index in [0.29, 0.717) is 5.56 Å². The molecule has 2 N–H and O–H groups in total. The molecule has 9 nitrogen and oxygen atoms in total. The van der Waals surface area contributed by atoms with Gasteiger partial charge in [-0.1, -0.05) is 103 Å². The summed E-state index contributed by atoms with van der Waals surface area (Å²) in [6, 6.07) is 41.5. The molecule has 0 saturated heterocycles. The summed E-state index contributed by atoms with van der Waals surface area (Å²) in [7, 11) is 6.53. The molecule has 3 aliphatic rings. The van der Waals surface area contributed by atoms with Crippen molar-refractivity contribution in [2.24, 2.45) is 0 Å². The first-order chi connectivity index (χ1) is 30.6. The van der Waals surface area contributed by atoms with Crippen LogP contribution < -0.4 is 0 Å². The Morgan fingerprint density at radius 1 is 0.540 bits per heavy atom. The lowest BCUT2D eigenvalue weighted by Gasteiger charge is -2.24. The van der Waals surface area contributed by atoms with Crippen LogP contribution in [0.5, 0.6) is 0 Å². The molecule has 63 heavy (non-hydrogen) atoms. The number of aromatic nitrogens is 3. The molecular formula is C54H58N6O3. The van der Waals surface area contributed by atoms with Gasteiger partial charge in [0.1, 0.15) is 6.61 Å². The van der Waals surface area contributed by atoms with E-state index in [2.05, 4.69) is 135 Å². The van der Waals surface area contributed by atoms with Crippen molar-refractivity contribution in [3.8, 4) is 0 Å². The van der Waals surface area contributed by atoms with E-state index in [0.717, 1.165) is 69.8 Å². The van der Waals surface area contributed by atoms with E-state index in [4.69, 9.17) is 5.11 Å². The highest BCUT2D eigenvalue weighted by Gasteiger charge is 2.24. The fourth-order valence-corrected chi connectivity index (χ4v) is 9.84. The minimum atomic E-state index is -0.443. The average Bonchev–Trinajstić information content (AvgIpc) is 3.93. The highest BCUT2D eigenvalue weighted by Crippen LogP contribution is 2.33. The molecule has 9 heteroatoms. The van der Waals surface area contributed by atoms with Gasteiger partial charge in [-0.05, 0) is 93.3 Å². The standard InChI is InChI=1S/C21H22N2O2.C21H22N2O.C12H14N2/c1-22-11-10-18-17-4-2-3-5-19(17)23(20(18)13-22)12-15-6-8-16(9-7-15)21(25)14-24;1-15(24)17-9-7-16(8-10-17)13-23-20-6-4-3-5-18(20)19-11-12-22(2)14-21(19)23;1-14-7-6-10-9-4-2-3-5-11(9)13-12(10)8-14/h2-9,24H,10-14H2,1H3;3-10H,11-14H2,1-2H3;2-5,13H,6-8H2,1H3. The Bertz CT molecular complexity index is 2920. The third kappa shape index (κ3) is 8.79. The molecule has 3 aliphatic heterocycles. The molecule has 0 amide bonds. The molecule has 0 spiro atoms. The maximum atomic E-state index is 11.6. The van der Waals surface area contributed by atoms with E-state index in [1.165, 1.54) is 85.0 Å². The maximum absolute atomic E-state index is 11.6. The molecule has 0 saturated carbocycles. The third-order valence-corrected chi connectivity index (χ3v) is 13.2. The van der Waals surface area contributed by atoms with E-state index in [1.807, 2.05) is 24.3 Å². The van der Waals surface area contributed by atoms with E-state index >= 15 is 0 Å². The number of benzene rings is 5. The van der Waals surface area contributed by atoms with Crippen LogP contribution in [0.3, 0.4) is 0 Å². The van der Waals surface area contributed by atoms with Gasteiger partial charge >= 0.3 is 0 Å². The van der Waals surface area contributed by atoms with Gasteiger partial charge in [0.2, 0.25) is 0 Å². The molecular weight excluding hydrogens is 781 g/mol. The number of likely N-dealkylation sites (N-methyl/N-ethyl adjacent to an activating group) is 3. The number of nitrogens with one attached hydrogen (secondary N) is 1. The van der Waals surface area contributed by atoms with Crippen LogP contribution in [0, 0.1) is 0 Å². The van der Waals surface area contributed by atoms with Gasteiger partial charge in [0.25, 0.3) is 0 Å². The largest absolute Gasteiger partial charge is 0.388 e. The number of carbonyl (C=O) groups excluding carboxylic acids is 2. The number of H-pyrrole nitrogens is 1. The molecule has 3 aromatic heterocycles. The summed E-state index contributed by atoms with van der Waals surface area (Å²) in [4.78, 5) is 33.7. The van der Waals surface area contributed by atoms with Crippen molar-refractivity contribution in [3.05, 3.63) is 177 Å². The molecule has 0 bridgehead atoms. The number of para-hydroxylation sites is 3. The first-order valence-electron chi connectivity index (χ1n) is 22.3. The Labute approximate surface area is 370 Å². The van der Waals surface area contributed by atoms with Gasteiger partial charge in [-0.3, -0.25) is 9.59 Å². The number of carbonyl (C=O) groups is 2. The molecule has 0 atom stereocenters. The van der Waals surface area contributed by atoms with Gasteiger partial charge in [0.05, 0.1) is 0 Å². The number of hydrogen-bond donors (Lipinski definition) is 2. The third-order valence-electron chi connectivity index (χ3n) is 13.2. The molecule has 5 aromatic carbocycles. The summed E-state index contributed by atoms with van der Waals surface area (Å²) >= 11 is 0. The average molecular weight is 839 g/mol. The molecule has 322 valence electrons. The second-order valence-corrected chi connectivity index (χ2v) is 17.7. The van der Waals surface area contributed by atoms with Crippen molar-refractivity contribution in [1.29, 1.82) is 0 Å². The highest BCUT2D eigenvalue weighted by atomic mass is 16.3. The first-order valence-corrected chi connectivity index (χ1v) is 22.3. The summed E-state index contributed by atoms with van der Waals surface area (Å²) in [5.74, 6) is -0.121. The topological polar surface area (TPSA) is 89.7 Å². The predicted octanol–water partition coefficient (Wildman–Crippen LogP) is 8.89. The summed E-state index contributed by atoms with van der Waals surface area (Å²) in [5.41, 5.74) is 16.3. The lowest BCUT2D eigenvalue weighted by Crippen LogP contribution is -2.27. The number of hydrogen-bond acceptors (Lipinski definition) is 6. The summed E-state index contributed by atoms with van der Waals surface area (Å²) in [6.07, 6.45) is 3.38. The quantitative estimate of drug-likeness (QED) is 0.156. The molecule has 0 fully saturated rings.